The monoisotopic (exact) mass is 343 g/mol. The summed E-state index contributed by atoms with van der Waals surface area (Å²) in [4.78, 5) is 15.3. The Hall–Kier alpha value is -2.47. The van der Waals surface area contributed by atoms with Crippen LogP contribution in [0.15, 0.2) is 59.5 Å². The van der Waals surface area contributed by atoms with E-state index in [0.717, 1.165) is 15.7 Å². The van der Waals surface area contributed by atoms with Crippen LogP contribution >= 0.6 is 15.9 Å². The van der Waals surface area contributed by atoms with E-state index < -0.39 is 5.97 Å². The lowest BCUT2D eigenvalue weighted by atomic mass is 10.1. The first kappa shape index (κ1) is 13.5. The Morgan fingerprint density at radius 2 is 1.95 bits per heavy atom. The van der Waals surface area contributed by atoms with Crippen LogP contribution in [0.25, 0.3) is 16.8 Å². The second-order valence-electron chi connectivity index (χ2n) is 4.36. The number of pyridine rings is 1. The highest BCUT2D eigenvalue weighted by Gasteiger charge is 2.17. The molecular weight excluding hydrogens is 334 g/mol. The van der Waals surface area contributed by atoms with E-state index in [-0.39, 0.29) is 5.69 Å². The van der Waals surface area contributed by atoms with Crippen molar-refractivity contribution in [1.29, 1.82) is 0 Å². The van der Waals surface area contributed by atoms with Crippen LogP contribution in [-0.4, -0.2) is 25.8 Å². The van der Waals surface area contributed by atoms with Crippen molar-refractivity contribution in [3.63, 3.8) is 0 Å². The molecule has 0 fully saturated rings. The van der Waals surface area contributed by atoms with E-state index in [4.69, 9.17) is 0 Å². The maximum absolute atomic E-state index is 11.4. The minimum absolute atomic E-state index is 0.0150. The maximum Gasteiger partial charge on any atom is 0.357 e. The minimum Gasteiger partial charge on any atom is -0.476 e. The Balaban J connectivity index is 2.15. The number of nitrogens with zero attached hydrogens (tertiary/aromatic N) is 3. The van der Waals surface area contributed by atoms with Crippen LogP contribution in [0.1, 0.15) is 10.5 Å². The number of aromatic carboxylic acids is 1. The molecule has 3 aromatic rings. The lowest BCUT2D eigenvalue weighted by Crippen LogP contribution is -2.01. The number of carboxylic acids is 1. The van der Waals surface area contributed by atoms with Gasteiger partial charge in [-0.25, -0.2) is 9.48 Å². The van der Waals surface area contributed by atoms with E-state index in [0.29, 0.717) is 5.56 Å². The highest BCUT2D eigenvalue weighted by Crippen LogP contribution is 2.24. The number of carbonyl (C=O) groups is 1. The summed E-state index contributed by atoms with van der Waals surface area (Å²) in [5.41, 5.74) is 2.13. The fourth-order valence-electron chi connectivity index (χ4n) is 2.03. The molecule has 3 rings (SSSR count). The molecule has 0 aliphatic carbocycles. The molecular formula is C15H10BrN3O2. The molecule has 0 unspecified atom stereocenters. The molecule has 0 aliphatic heterocycles. The first-order valence-corrected chi connectivity index (χ1v) is 6.94. The highest BCUT2D eigenvalue weighted by molar-refractivity contribution is 9.10. The average Bonchev–Trinajstić information content (AvgIpc) is 2.93. The predicted octanol–water partition coefficient (Wildman–Crippen LogP) is 3.40. The zero-order chi connectivity index (χ0) is 14.8. The first-order valence-electron chi connectivity index (χ1n) is 6.14. The topological polar surface area (TPSA) is 68.0 Å². The van der Waals surface area contributed by atoms with Crippen LogP contribution in [0.5, 0.6) is 0 Å². The quantitative estimate of drug-likeness (QED) is 0.791. The van der Waals surface area contributed by atoms with Crippen LogP contribution < -0.4 is 0 Å². The molecule has 5 nitrogen and oxygen atoms in total. The van der Waals surface area contributed by atoms with E-state index in [1.54, 1.807) is 35.4 Å². The Bertz CT molecular complexity index is 800. The fraction of sp³-hybridized carbons (Fsp3) is 0. The van der Waals surface area contributed by atoms with Gasteiger partial charge in [-0.05, 0) is 35.9 Å². The third-order valence-electron chi connectivity index (χ3n) is 2.98. The number of rotatable bonds is 3. The molecule has 0 radical (unpaired) electrons. The van der Waals surface area contributed by atoms with Gasteiger partial charge in [0, 0.05) is 28.6 Å². The average molecular weight is 344 g/mol. The van der Waals surface area contributed by atoms with Gasteiger partial charge < -0.3 is 5.11 Å². The Kier molecular flexibility index (Phi) is 3.53. The van der Waals surface area contributed by atoms with E-state index in [9.17, 15) is 9.90 Å². The van der Waals surface area contributed by atoms with Gasteiger partial charge in [0.2, 0.25) is 0 Å². The van der Waals surface area contributed by atoms with Gasteiger partial charge in [-0.1, -0.05) is 22.0 Å². The molecule has 0 bridgehead atoms. The van der Waals surface area contributed by atoms with Crippen LogP contribution in [0.2, 0.25) is 0 Å². The van der Waals surface area contributed by atoms with Gasteiger partial charge >= 0.3 is 5.97 Å². The standard InChI is InChI=1S/C15H10BrN3O2/c16-11-2-1-3-12(8-11)19-9-13(14(18-19)15(20)21)10-4-6-17-7-5-10/h1-9H,(H,20,21). The van der Waals surface area contributed by atoms with E-state index in [1.165, 1.54) is 0 Å². The number of carboxylic acid groups (broad SMARTS) is 1. The van der Waals surface area contributed by atoms with Crippen molar-refractivity contribution in [1.82, 2.24) is 14.8 Å². The summed E-state index contributed by atoms with van der Waals surface area (Å²) in [6.07, 6.45) is 4.95. The molecule has 0 saturated carbocycles. The fourth-order valence-corrected chi connectivity index (χ4v) is 2.41. The Morgan fingerprint density at radius 3 is 2.62 bits per heavy atom. The summed E-state index contributed by atoms with van der Waals surface area (Å²) in [5, 5.41) is 13.5. The zero-order valence-electron chi connectivity index (χ0n) is 10.8. The molecule has 6 heteroatoms. The van der Waals surface area contributed by atoms with Crippen molar-refractivity contribution in [2.75, 3.05) is 0 Å². The van der Waals surface area contributed by atoms with Gasteiger partial charge in [0.25, 0.3) is 0 Å². The molecule has 1 aromatic carbocycles. The van der Waals surface area contributed by atoms with Gasteiger partial charge in [-0.15, -0.1) is 0 Å². The molecule has 1 N–H and O–H groups in total. The predicted molar refractivity (Wildman–Crippen MR) is 81.5 cm³/mol. The lowest BCUT2D eigenvalue weighted by Gasteiger charge is -2.00. The number of halogens is 1. The lowest BCUT2D eigenvalue weighted by molar-refractivity contribution is 0.0691. The maximum atomic E-state index is 11.4. The van der Waals surface area contributed by atoms with Crippen molar-refractivity contribution in [3.05, 3.63) is 65.2 Å². The first-order chi connectivity index (χ1) is 10.1. The SMILES string of the molecule is O=C(O)c1nn(-c2cccc(Br)c2)cc1-c1ccncc1. The molecule has 104 valence electrons. The molecule has 0 aliphatic rings. The Labute approximate surface area is 129 Å². The second-order valence-corrected chi connectivity index (χ2v) is 5.27. The molecule has 0 atom stereocenters. The molecule has 2 heterocycles. The summed E-state index contributed by atoms with van der Waals surface area (Å²) >= 11 is 3.39. The number of aromatic nitrogens is 3. The van der Waals surface area contributed by atoms with Crippen LogP contribution in [-0.2, 0) is 0 Å². The molecule has 21 heavy (non-hydrogen) atoms. The van der Waals surface area contributed by atoms with Gasteiger partial charge in [-0.3, -0.25) is 4.98 Å². The molecule has 0 saturated heterocycles. The third kappa shape index (κ3) is 2.71. The smallest absolute Gasteiger partial charge is 0.357 e. The van der Waals surface area contributed by atoms with Crippen molar-refractivity contribution in [2.45, 2.75) is 0 Å². The summed E-state index contributed by atoms with van der Waals surface area (Å²) < 4.78 is 2.46. The van der Waals surface area contributed by atoms with Crippen molar-refractivity contribution in [2.24, 2.45) is 0 Å². The summed E-state index contributed by atoms with van der Waals surface area (Å²) in [5.74, 6) is -1.06. The van der Waals surface area contributed by atoms with Gasteiger partial charge in [-0.2, -0.15) is 5.10 Å². The number of hydrogen-bond acceptors (Lipinski definition) is 3. The molecule has 2 aromatic heterocycles. The molecule has 0 spiro atoms. The van der Waals surface area contributed by atoms with Crippen molar-refractivity contribution in [3.8, 4) is 16.8 Å². The van der Waals surface area contributed by atoms with Gasteiger partial charge in [0.05, 0.1) is 5.69 Å². The normalized spacial score (nSPS) is 10.5. The molecule has 0 amide bonds. The van der Waals surface area contributed by atoms with E-state index >= 15 is 0 Å². The largest absolute Gasteiger partial charge is 0.476 e. The summed E-state index contributed by atoms with van der Waals surface area (Å²) in [6, 6.07) is 11.0. The van der Waals surface area contributed by atoms with E-state index in [2.05, 4.69) is 26.0 Å². The van der Waals surface area contributed by atoms with Crippen molar-refractivity contribution >= 4 is 21.9 Å². The van der Waals surface area contributed by atoms with E-state index in [1.807, 2.05) is 24.3 Å². The summed E-state index contributed by atoms with van der Waals surface area (Å²) in [7, 11) is 0. The third-order valence-corrected chi connectivity index (χ3v) is 3.47. The van der Waals surface area contributed by atoms with Crippen LogP contribution in [0.3, 0.4) is 0 Å². The van der Waals surface area contributed by atoms with Gasteiger partial charge in [0.1, 0.15) is 0 Å². The van der Waals surface area contributed by atoms with Crippen LogP contribution in [0.4, 0.5) is 0 Å². The Morgan fingerprint density at radius 1 is 1.19 bits per heavy atom. The van der Waals surface area contributed by atoms with Gasteiger partial charge in [0.15, 0.2) is 5.69 Å². The summed E-state index contributed by atoms with van der Waals surface area (Å²) in [6.45, 7) is 0. The number of benzene rings is 1. The number of hydrogen-bond donors (Lipinski definition) is 1. The zero-order valence-corrected chi connectivity index (χ0v) is 12.4. The van der Waals surface area contributed by atoms with Crippen LogP contribution in [0, 0.1) is 0 Å². The highest BCUT2D eigenvalue weighted by atomic mass is 79.9. The van der Waals surface area contributed by atoms with Crippen molar-refractivity contribution < 1.29 is 9.90 Å². The second kappa shape index (κ2) is 5.49. The minimum atomic E-state index is -1.06.